The lowest BCUT2D eigenvalue weighted by Crippen LogP contribution is -2.30. The van der Waals surface area contributed by atoms with Gasteiger partial charge >= 0.3 is 6.18 Å². The second-order valence-electron chi connectivity index (χ2n) is 6.96. The fourth-order valence-electron chi connectivity index (χ4n) is 3.03. The number of rotatable bonds is 7. The van der Waals surface area contributed by atoms with Crippen molar-refractivity contribution >= 4 is 11.6 Å². The van der Waals surface area contributed by atoms with Gasteiger partial charge in [-0.2, -0.15) is 18.3 Å². The van der Waals surface area contributed by atoms with Crippen LogP contribution < -0.4 is 5.32 Å². The summed E-state index contributed by atoms with van der Waals surface area (Å²) >= 11 is 0. The van der Waals surface area contributed by atoms with Gasteiger partial charge in [-0.05, 0) is 42.8 Å². The summed E-state index contributed by atoms with van der Waals surface area (Å²) in [5, 5.41) is 6.52. The maximum atomic E-state index is 13.1. The topological polar surface area (TPSA) is 63.1 Å². The van der Waals surface area contributed by atoms with Gasteiger partial charge < -0.3 is 5.32 Å². The van der Waals surface area contributed by atoms with Crippen LogP contribution in [0.15, 0.2) is 55.1 Å². The van der Waals surface area contributed by atoms with E-state index in [-0.39, 0.29) is 12.2 Å². The fourth-order valence-corrected chi connectivity index (χ4v) is 3.03. The predicted octanol–water partition coefficient (Wildman–Crippen LogP) is 3.92. The van der Waals surface area contributed by atoms with Crippen molar-refractivity contribution in [2.75, 3.05) is 18.9 Å². The summed E-state index contributed by atoms with van der Waals surface area (Å²) in [4.78, 5) is 18.1. The lowest BCUT2D eigenvalue weighted by Gasteiger charge is -2.18. The van der Waals surface area contributed by atoms with Crippen molar-refractivity contribution in [3.05, 3.63) is 71.8 Å². The molecular formula is C21H22F3N5O. The summed E-state index contributed by atoms with van der Waals surface area (Å²) in [5.41, 5.74) is 1.73. The maximum Gasteiger partial charge on any atom is 0.416 e. The molecule has 0 bridgehead atoms. The first-order valence-electron chi connectivity index (χ1n) is 9.38. The van der Waals surface area contributed by atoms with Crippen LogP contribution in [-0.4, -0.2) is 39.2 Å². The number of hydrogen-bond donors (Lipinski definition) is 1. The number of halogens is 3. The molecule has 0 unspecified atom stereocenters. The highest BCUT2D eigenvalue weighted by Crippen LogP contribution is 2.33. The summed E-state index contributed by atoms with van der Waals surface area (Å²) < 4.78 is 40.7. The number of aryl methyl sites for hydroxylation is 1. The van der Waals surface area contributed by atoms with Crippen LogP contribution in [0.4, 0.5) is 18.9 Å². The number of nitrogens with zero attached hydrogens (tertiary/aromatic N) is 4. The first kappa shape index (κ1) is 21.5. The van der Waals surface area contributed by atoms with Gasteiger partial charge in [0, 0.05) is 6.54 Å². The van der Waals surface area contributed by atoms with Gasteiger partial charge in [0.25, 0.3) is 0 Å². The molecule has 30 heavy (non-hydrogen) atoms. The third kappa shape index (κ3) is 5.44. The van der Waals surface area contributed by atoms with Crippen molar-refractivity contribution in [2.45, 2.75) is 26.1 Å². The Labute approximate surface area is 172 Å². The molecule has 1 aromatic heterocycles. The van der Waals surface area contributed by atoms with E-state index in [1.165, 1.54) is 29.0 Å². The quantitative estimate of drug-likeness (QED) is 0.633. The SMILES string of the molecule is CCc1ccc(CN(C)CC(=O)Nc2cc(C(F)(F)F)ccc2-n2cncn2)cc1. The average Bonchev–Trinajstić information content (AvgIpc) is 3.22. The molecule has 0 saturated heterocycles. The number of carbonyl (C=O) groups is 1. The fraction of sp³-hybridized carbons (Fsp3) is 0.286. The zero-order valence-corrected chi connectivity index (χ0v) is 16.6. The van der Waals surface area contributed by atoms with E-state index in [0.717, 1.165) is 24.1 Å². The standard InChI is InChI=1S/C21H22F3N5O/c1-3-15-4-6-16(7-5-15)11-28(2)12-20(30)27-18-10-17(21(22,23)24)8-9-19(18)29-14-25-13-26-29/h4-10,13-14H,3,11-12H2,1-2H3,(H,27,30). The molecule has 3 aromatic rings. The Morgan fingerprint density at radius 2 is 1.83 bits per heavy atom. The number of amides is 1. The molecule has 1 amide bonds. The van der Waals surface area contributed by atoms with Crippen LogP contribution in [0.5, 0.6) is 0 Å². The summed E-state index contributed by atoms with van der Waals surface area (Å²) in [5.74, 6) is -0.427. The van der Waals surface area contributed by atoms with Crippen LogP contribution in [0.2, 0.25) is 0 Å². The van der Waals surface area contributed by atoms with Gasteiger partial charge in [0.15, 0.2) is 0 Å². The molecule has 9 heteroatoms. The van der Waals surface area contributed by atoms with Crippen LogP contribution in [-0.2, 0) is 23.9 Å². The van der Waals surface area contributed by atoms with Crippen LogP contribution in [0.3, 0.4) is 0 Å². The largest absolute Gasteiger partial charge is 0.416 e. The van der Waals surface area contributed by atoms with Gasteiger partial charge in [-0.3, -0.25) is 9.69 Å². The van der Waals surface area contributed by atoms with E-state index in [2.05, 4.69) is 22.3 Å². The molecule has 0 atom stereocenters. The van der Waals surface area contributed by atoms with E-state index in [1.54, 1.807) is 11.9 Å². The van der Waals surface area contributed by atoms with Crippen molar-refractivity contribution in [1.82, 2.24) is 19.7 Å². The third-order valence-corrected chi connectivity index (χ3v) is 4.56. The van der Waals surface area contributed by atoms with Gasteiger partial charge in [0.05, 0.1) is 23.5 Å². The van der Waals surface area contributed by atoms with Crippen molar-refractivity contribution in [3.8, 4) is 5.69 Å². The van der Waals surface area contributed by atoms with E-state index in [4.69, 9.17) is 0 Å². The monoisotopic (exact) mass is 417 g/mol. The highest BCUT2D eigenvalue weighted by Gasteiger charge is 2.31. The van der Waals surface area contributed by atoms with Crippen LogP contribution in [0, 0.1) is 0 Å². The van der Waals surface area contributed by atoms with E-state index >= 15 is 0 Å². The molecular weight excluding hydrogens is 395 g/mol. The van der Waals surface area contributed by atoms with Crippen molar-refractivity contribution in [3.63, 3.8) is 0 Å². The summed E-state index contributed by atoms with van der Waals surface area (Å²) in [7, 11) is 1.78. The normalized spacial score (nSPS) is 11.7. The number of anilines is 1. The summed E-state index contributed by atoms with van der Waals surface area (Å²) in [6.45, 7) is 2.63. The second kappa shape index (κ2) is 9.08. The number of carbonyl (C=O) groups excluding carboxylic acids is 1. The van der Waals surface area contributed by atoms with Gasteiger partial charge in [-0.25, -0.2) is 9.67 Å². The molecule has 0 aliphatic carbocycles. The Balaban J connectivity index is 1.72. The molecule has 1 heterocycles. The van der Waals surface area contributed by atoms with Gasteiger partial charge in [0.1, 0.15) is 12.7 Å². The minimum absolute atomic E-state index is 0.0148. The number of aromatic nitrogens is 3. The zero-order chi connectivity index (χ0) is 21.7. The molecule has 0 spiro atoms. The molecule has 0 radical (unpaired) electrons. The van der Waals surface area contributed by atoms with E-state index in [1.807, 2.05) is 24.3 Å². The predicted molar refractivity (Wildman–Crippen MR) is 107 cm³/mol. The maximum absolute atomic E-state index is 13.1. The Morgan fingerprint density at radius 1 is 1.13 bits per heavy atom. The minimum Gasteiger partial charge on any atom is -0.323 e. The highest BCUT2D eigenvalue weighted by molar-refractivity contribution is 5.94. The Morgan fingerprint density at radius 3 is 2.43 bits per heavy atom. The van der Waals surface area contributed by atoms with Crippen LogP contribution >= 0.6 is 0 Å². The number of alkyl halides is 3. The van der Waals surface area contributed by atoms with Crippen molar-refractivity contribution in [1.29, 1.82) is 0 Å². The molecule has 0 aliphatic heterocycles. The summed E-state index contributed by atoms with van der Waals surface area (Å²) in [6.07, 6.45) is -0.962. The van der Waals surface area contributed by atoms with Gasteiger partial charge in [-0.1, -0.05) is 31.2 Å². The number of benzene rings is 2. The molecule has 6 nitrogen and oxygen atoms in total. The molecule has 0 fully saturated rings. The van der Waals surface area contributed by atoms with E-state index in [0.29, 0.717) is 12.2 Å². The molecule has 3 rings (SSSR count). The third-order valence-electron chi connectivity index (χ3n) is 4.56. The Kier molecular flexibility index (Phi) is 6.51. The van der Waals surface area contributed by atoms with Crippen LogP contribution in [0.1, 0.15) is 23.6 Å². The molecule has 158 valence electrons. The van der Waals surface area contributed by atoms with Crippen LogP contribution in [0.25, 0.3) is 5.69 Å². The van der Waals surface area contributed by atoms with Gasteiger partial charge in [0.2, 0.25) is 5.91 Å². The second-order valence-corrected chi connectivity index (χ2v) is 6.96. The van der Waals surface area contributed by atoms with E-state index < -0.39 is 17.6 Å². The molecule has 1 N–H and O–H groups in total. The first-order chi connectivity index (χ1) is 14.3. The lowest BCUT2D eigenvalue weighted by molar-refractivity contribution is -0.137. The Hall–Kier alpha value is -3.20. The van der Waals surface area contributed by atoms with Crippen molar-refractivity contribution < 1.29 is 18.0 Å². The smallest absolute Gasteiger partial charge is 0.323 e. The summed E-state index contributed by atoms with van der Waals surface area (Å²) in [6, 6.07) is 11.2. The first-order valence-corrected chi connectivity index (χ1v) is 9.38. The molecule has 2 aromatic carbocycles. The van der Waals surface area contributed by atoms with E-state index in [9.17, 15) is 18.0 Å². The minimum atomic E-state index is -4.53. The number of hydrogen-bond acceptors (Lipinski definition) is 4. The average molecular weight is 417 g/mol. The zero-order valence-electron chi connectivity index (χ0n) is 16.6. The van der Waals surface area contributed by atoms with Gasteiger partial charge in [-0.15, -0.1) is 0 Å². The molecule has 0 aliphatic rings. The number of likely N-dealkylation sites (N-methyl/N-ethyl adjacent to an activating group) is 1. The number of nitrogens with one attached hydrogen (secondary N) is 1. The molecule has 0 saturated carbocycles. The lowest BCUT2D eigenvalue weighted by atomic mass is 10.1. The highest BCUT2D eigenvalue weighted by atomic mass is 19.4. The Bertz CT molecular complexity index is 985. The van der Waals surface area contributed by atoms with Crippen molar-refractivity contribution in [2.24, 2.45) is 0 Å².